The first-order chi connectivity index (χ1) is 15.1. The maximum absolute atomic E-state index is 14.6. The molecule has 0 radical (unpaired) electrons. The molecule has 0 aliphatic heterocycles. The smallest absolute Gasteiger partial charge is 0.417 e. The van der Waals surface area contributed by atoms with Crippen LogP contribution in [-0.2, 0) is 6.18 Å². The zero-order chi connectivity index (χ0) is 23.5. The van der Waals surface area contributed by atoms with Crippen molar-refractivity contribution in [1.29, 1.82) is 0 Å². The summed E-state index contributed by atoms with van der Waals surface area (Å²) < 4.78 is 71.7. The molecule has 0 aliphatic carbocycles. The van der Waals surface area contributed by atoms with E-state index in [-0.39, 0.29) is 30.5 Å². The fourth-order valence-corrected chi connectivity index (χ4v) is 3.01. The molecule has 3 aromatic rings. The summed E-state index contributed by atoms with van der Waals surface area (Å²) in [6.07, 6.45) is -1.54. The van der Waals surface area contributed by atoms with Crippen molar-refractivity contribution in [2.75, 3.05) is 13.2 Å². The Labute approximate surface area is 179 Å². The highest BCUT2D eigenvalue weighted by Crippen LogP contribution is 2.30. The van der Waals surface area contributed by atoms with Gasteiger partial charge >= 0.3 is 6.18 Å². The molecule has 3 rings (SSSR count). The van der Waals surface area contributed by atoms with Crippen LogP contribution in [0.15, 0.2) is 42.9 Å². The van der Waals surface area contributed by atoms with Crippen molar-refractivity contribution in [1.82, 2.24) is 24.9 Å². The van der Waals surface area contributed by atoms with Crippen LogP contribution in [0.25, 0.3) is 5.69 Å². The van der Waals surface area contributed by atoms with E-state index < -0.39 is 41.2 Å². The Bertz CT molecular complexity index is 1090. The van der Waals surface area contributed by atoms with Crippen molar-refractivity contribution in [3.8, 4) is 11.6 Å². The van der Waals surface area contributed by atoms with Crippen LogP contribution in [0.3, 0.4) is 0 Å². The van der Waals surface area contributed by atoms with Gasteiger partial charge in [0.15, 0.2) is 5.82 Å². The molecule has 2 aromatic heterocycles. The number of benzene rings is 1. The number of hydrogen-bond donors (Lipinski definition) is 0. The summed E-state index contributed by atoms with van der Waals surface area (Å²) in [6.45, 7) is 3.07. The highest BCUT2D eigenvalue weighted by atomic mass is 19.4. The van der Waals surface area contributed by atoms with E-state index in [4.69, 9.17) is 4.74 Å². The normalized spacial score (nSPS) is 12.5. The molecule has 0 fully saturated rings. The third-order valence-corrected chi connectivity index (χ3v) is 4.57. The lowest BCUT2D eigenvalue weighted by Crippen LogP contribution is -2.42. The van der Waals surface area contributed by atoms with Gasteiger partial charge in [-0.3, -0.25) is 4.79 Å². The Hall–Kier alpha value is -3.57. The third kappa shape index (κ3) is 4.84. The van der Waals surface area contributed by atoms with Crippen LogP contribution >= 0.6 is 0 Å². The van der Waals surface area contributed by atoms with Crippen molar-refractivity contribution in [3.63, 3.8) is 0 Å². The molecule has 1 amide bonds. The fourth-order valence-electron chi connectivity index (χ4n) is 3.01. The standard InChI is InChI=1S/C20H18F5N5O2/c1-3-29(12(2)11-32-18-15(22)9-13(10-26-18)20(23,24)25)19(31)17-14(21)5-4-6-16(17)30-27-7-8-28-30/h4-10,12H,3,11H2,1-2H3. The summed E-state index contributed by atoms with van der Waals surface area (Å²) in [5, 5.41) is 7.85. The minimum Gasteiger partial charge on any atom is -0.473 e. The van der Waals surface area contributed by atoms with E-state index in [0.29, 0.717) is 6.20 Å². The zero-order valence-electron chi connectivity index (χ0n) is 17.0. The lowest BCUT2D eigenvalue weighted by atomic mass is 10.1. The Kier molecular flexibility index (Phi) is 6.70. The van der Waals surface area contributed by atoms with Crippen LogP contribution in [0.5, 0.6) is 5.88 Å². The molecule has 0 bridgehead atoms. The molecular weight excluding hydrogens is 437 g/mol. The number of carbonyl (C=O) groups excluding carboxylic acids is 1. The Morgan fingerprint density at radius 2 is 1.88 bits per heavy atom. The molecule has 32 heavy (non-hydrogen) atoms. The van der Waals surface area contributed by atoms with Crippen molar-refractivity contribution in [3.05, 3.63) is 65.6 Å². The summed E-state index contributed by atoms with van der Waals surface area (Å²) >= 11 is 0. The van der Waals surface area contributed by atoms with Crippen molar-refractivity contribution < 1.29 is 31.5 Å². The summed E-state index contributed by atoms with van der Waals surface area (Å²) in [6, 6.07) is 3.59. The fraction of sp³-hybridized carbons (Fsp3) is 0.300. The van der Waals surface area contributed by atoms with Crippen molar-refractivity contribution >= 4 is 5.91 Å². The molecule has 0 saturated heterocycles. The monoisotopic (exact) mass is 455 g/mol. The van der Waals surface area contributed by atoms with Gasteiger partial charge in [-0.2, -0.15) is 28.2 Å². The van der Waals surface area contributed by atoms with Gasteiger partial charge in [-0.05, 0) is 32.0 Å². The largest absolute Gasteiger partial charge is 0.473 e. The zero-order valence-corrected chi connectivity index (χ0v) is 17.0. The van der Waals surface area contributed by atoms with Gasteiger partial charge in [-0.25, -0.2) is 13.8 Å². The number of pyridine rings is 1. The molecule has 7 nitrogen and oxygen atoms in total. The first kappa shape index (κ1) is 23.1. The van der Waals surface area contributed by atoms with Gasteiger partial charge in [0.25, 0.3) is 5.91 Å². The highest BCUT2D eigenvalue weighted by Gasteiger charge is 2.32. The van der Waals surface area contributed by atoms with Crippen LogP contribution in [0.1, 0.15) is 29.8 Å². The van der Waals surface area contributed by atoms with E-state index in [1.807, 2.05) is 0 Å². The molecular formula is C20H18F5N5O2. The maximum atomic E-state index is 14.6. The number of alkyl halides is 3. The van der Waals surface area contributed by atoms with Crippen LogP contribution in [0, 0.1) is 11.6 Å². The average molecular weight is 455 g/mol. The van der Waals surface area contributed by atoms with Gasteiger partial charge in [-0.15, -0.1) is 0 Å². The van der Waals surface area contributed by atoms with Crippen LogP contribution in [0.4, 0.5) is 22.0 Å². The van der Waals surface area contributed by atoms with E-state index in [0.717, 1.165) is 10.9 Å². The summed E-state index contributed by atoms with van der Waals surface area (Å²) in [4.78, 5) is 18.9. The minimum atomic E-state index is -4.74. The molecule has 1 atom stereocenters. The third-order valence-electron chi connectivity index (χ3n) is 4.57. The van der Waals surface area contributed by atoms with Gasteiger partial charge in [0, 0.05) is 12.7 Å². The quantitative estimate of drug-likeness (QED) is 0.506. The number of likely N-dealkylation sites (N-methyl/N-ethyl adjacent to an activating group) is 1. The second-order valence-electron chi connectivity index (χ2n) is 6.71. The minimum absolute atomic E-state index is 0.127. The van der Waals surface area contributed by atoms with Gasteiger partial charge in [0.2, 0.25) is 5.88 Å². The van der Waals surface area contributed by atoms with Gasteiger partial charge in [-0.1, -0.05) is 6.07 Å². The Morgan fingerprint density at radius 1 is 1.19 bits per heavy atom. The van der Waals surface area contributed by atoms with Crippen LogP contribution < -0.4 is 4.74 Å². The molecule has 12 heteroatoms. The molecule has 170 valence electrons. The maximum Gasteiger partial charge on any atom is 0.417 e. The SMILES string of the molecule is CCN(C(=O)c1c(F)cccc1-n1nccn1)C(C)COc1ncc(C(F)(F)F)cc1F. The highest BCUT2D eigenvalue weighted by molar-refractivity contribution is 5.98. The van der Waals surface area contributed by atoms with E-state index in [1.165, 1.54) is 29.4 Å². The predicted molar refractivity (Wildman–Crippen MR) is 102 cm³/mol. The number of nitrogens with zero attached hydrogens (tertiary/aromatic N) is 5. The topological polar surface area (TPSA) is 73.1 Å². The summed E-state index contributed by atoms with van der Waals surface area (Å²) in [5.74, 6) is -3.40. The second-order valence-corrected chi connectivity index (χ2v) is 6.71. The molecule has 1 aromatic carbocycles. The van der Waals surface area contributed by atoms with E-state index in [2.05, 4.69) is 15.2 Å². The van der Waals surface area contributed by atoms with Gasteiger partial charge < -0.3 is 9.64 Å². The van der Waals surface area contributed by atoms with Gasteiger partial charge in [0.1, 0.15) is 23.7 Å². The average Bonchev–Trinajstić information content (AvgIpc) is 3.27. The van der Waals surface area contributed by atoms with E-state index >= 15 is 0 Å². The number of rotatable bonds is 7. The first-order valence-corrected chi connectivity index (χ1v) is 9.45. The summed E-state index contributed by atoms with van der Waals surface area (Å²) in [7, 11) is 0. The molecule has 0 spiro atoms. The number of ether oxygens (including phenoxy) is 1. The lowest BCUT2D eigenvalue weighted by molar-refractivity contribution is -0.138. The van der Waals surface area contributed by atoms with Crippen molar-refractivity contribution in [2.24, 2.45) is 0 Å². The molecule has 0 saturated carbocycles. The number of hydrogen-bond acceptors (Lipinski definition) is 5. The van der Waals surface area contributed by atoms with Crippen molar-refractivity contribution in [2.45, 2.75) is 26.1 Å². The van der Waals surface area contributed by atoms with Gasteiger partial charge in [0.05, 0.1) is 24.0 Å². The molecule has 0 N–H and O–H groups in total. The number of halogens is 5. The summed E-state index contributed by atoms with van der Waals surface area (Å²) in [5.41, 5.74) is -1.39. The lowest BCUT2D eigenvalue weighted by Gasteiger charge is -2.28. The van der Waals surface area contributed by atoms with E-state index in [1.54, 1.807) is 13.8 Å². The number of carbonyl (C=O) groups is 1. The Balaban J connectivity index is 1.79. The second kappa shape index (κ2) is 9.28. The molecule has 2 heterocycles. The number of amides is 1. The Morgan fingerprint density at radius 3 is 2.47 bits per heavy atom. The first-order valence-electron chi connectivity index (χ1n) is 9.45. The van der Waals surface area contributed by atoms with E-state index in [9.17, 15) is 26.7 Å². The van der Waals surface area contributed by atoms with Crippen LogP contribution in [-0.4, -0.2) is 50.0 Å². The van der Waals surface area contributed by atoms with Crippen LogP contribution in [0.2, 0.25) is 0 Å². The predicted octanol–water partition coefficient (Wildman–Crippen LogP) is 3.89. The molecule has 0 aliphatic rings. The molecule has 1 unspecified atom stereocenters. The number of aromatic nitrogens is 4.